The van der Waals surface area contributed by atoms with Gasteiger partial charge in [0, 0.05) is 17.1 Å². The third-order valence-electron chi connectivity index (χ3n) is 2.62. The van der Waals surface area contributed by atoms with Crippen molar-refractivity contribution in [3.8, 4) is 0 Å². The van der Waals surface area contributed by atoms with Gasteiger partial charge in [-0.05, 0) is 12.1 Å². The lowest BCUT2D eigenvalue weighted by Gasteiger charge is -2.26. The van der Waals surface area contributed by atoms with Crippen LogP contribution in [0.1, 0.15) is 25.1 Å². The molecule has 0 saturated heterocycles. The van der Waals surface area contributed by atoms with Crippen LogP contribution in [0.3, 0.4) is 0 Å². The number of carbonyl (C=O) groups is 1. The predicted molar refractivity (Wildman–Crippen MR) is 70.4 cm³/mol. The van der Waals surface area contributed by atoms with E-state index >= 15 is 0 Å². The smallest absolute Gasteiger partial charge is 0.270 e. The molecule has 0 unspecified atom stereocenters. The highest BCUT2D eigenvalue weighted by molar-refractivity contribution is 8.15. The fraction of sp³-hybridized carbons (Fsp3) is 0.400. The number of nitrogens with one attached hydrogen (secondary N) is 1. The van der Waals surface area contributed by atoms with Gasteiger partial charge in [-0.15, -0.1) is 11.3 Å². The van der Waals surface area contributed by atoms with Crippen molar-refractivity contribution in [2.24, 2.45) is 10.5 Å². The molecule has 1 aromatic rings. The van der Waals surface area contributed by atoms with E-state index in [1.807, 2.05) is 13.8 Å². The number of hydrazone groups is 1. The number of rotatable bonds is 2. The number of nitrogens with zero attached hydrogens (tertiary/aromatic N) is 1. The number of hydrogen-bond donors (Lipinski definition) is 1. The van der Waals surface area contributed by atoms with Gasteiger partial charge in [-0.1, -0.05) is 13.8 Å². The van der Waals surface area contributed by atoms with Gasteiger partial charge in [0.05, 0.1) is 16.0 Å². The summed E-state index contributed by atoms with van der Waals surface area (Å²) in [6.45, 7) is 3.62. The molecule has 1 amide bonds. The number of hydrogen-bond acceptors (Lipinski definition) is 5. The Balaban J connectivity index is 2.34. The van der Waals surface area contributed by atoms with Crippen molar-refractivity contribution in [1.29, 1.82) is 0 Å². The van der Waals surface area contributed by atoms with Crippen LogP contribution in [-0.2, 0) is 13.8 Å². The van der Waals surface area contributed by atoms with E-state index in [4.69, 9.17) is 10.7 Å². The molecule has 2 heterocycles. The molecule has 1 N–H and O–H groups in total. The van der Waals surface area contributed by atoms with Gasteiger partial charge in [0.2, 0.25) is 5.91 Å². The molecule has 0 radical (unpaired) electrons. The molecule has 1 aromatic heterocycles. The van der Waals surface area contributed by atoms with E-state index in [2.05, 4.69) is 10.5 Å². The Morgan fingerprint density at radius 3 is 2.61 bits per heavy atom. The van der Waals surface area contributed by atoms with Crippen molar-refractivity contribution < 1.29 is 13.2 Å². The summed E-state index contributed by atoms with van der Waals surface area (Å²) in [6, 6.07) is 3.08. The fourth-order valence-corrected chi connectivity index (χ4v) is 3.62. The van der Waals surface area contributed by atoms with E-state index in [1.165, 1.54) is 6.07 Å². The highest BCUT2D eigenvalue weighted by atomic mass is 35.7. The summed E-state index contributed by atoms with van der Waals surface area (Å²) in [5.41, 5.74) is 2.55. The maximum Gasteiger partial charge on any atom is 0.270 e. The lowest BCUT2D eigenvalue weighted by Crippen LogP contribution is -2.40. The van der Waals surface area contributed by atoms with E-state index in [0.29, 0.717) is 17.0 Å². The monoisotopic (exact) mass is 306 g/mol. The van der Waals surface area contributed by atoms with Gasteiger partial charge >= 0.3 is 0 Å². The molecule has 1 aliphatic rings. The van der Waals surface area contributed by atoms with Crippen LogP contribution in [-0.4, -0.2) is 20.0 Å². The molecule has 8 heteroatoms. The van der Waals surface area contributed by atoms with Crippen LogP contribution >= 0.6 is 22.0 Å². The normalized spacial score (nSPS) is 19.3. The van der Waals surface area contributed by atoms with Crippen LogP contribution in [0.2, 0.25) is 0 Å². The summed E-state index contributed by atoms with van der Waals surface area (Å²) in [4.78, 5) is 12.2. The van der Waals surface area contributed by atoms with Crippen LogP contribution in [0.15, 0.2) is 21.4 Å². The molecular weight excluding hydrogens is 296 g/mol. The first-order valence-corrected chi connectivity index (χ1v) is 8.24. The van der Waals surface area contributed by atoms with Gasteiger partial charge in [-0.3, -0.25) is 4.79 Å². The third-order valence-corrected chi connectivity index (χ3v) is 5.85. The topological polar surface area (TPSA) is 75.6 Å². The number of amides is 1. The highest BCUT2D eigenvalue weighted by Crippen LogP contribution is 2.31. The van der Waals surface area contributed by atoms with E-state index in [9.17, 15) is 13.2 Å². The van der Waals surface area contributed by atoms with Gasteiger partial charge < -0.3 is 0 Å². The molecule has 1 aliphatic heterocycles. The van der Waals surface area contributed by atoms with Crippen molar-refractivity contribution in [2.45, 2.75) is 24.5 Å². The van der Waals surface area contributed by atoms with Gasteiger partial charge in [0.1, 0.15) is 4.21 Å². The molecule has 0 spiro atoms. The van der Waals surface area contributed by atoms with Crippen molar-refractivity contribution in [2.75, 3.05) is 0 Å². The molecule has 0 bridgehead atoms. The maximum absolute atomic E-state index is 11.5. The quantitative estimate of drug-likeness (QED) is 0.848. The summed E-state index contributed by atoms with van der Waals surface area (Å²) in [5.74, 6) is -0.145. The first kappa shape index (κ1) is 13.5. The predicted octanol–water partition coefficient (Wildman–Crippen LogP) is 1.93. The molecule has 0 fully saturated rings. The standard InChI is InChI=1S/C10H11ClN2O3S2/c1-10(2)5-6(12-13-9(10)14)7-3-4-8(17-7)18(11,15)16/h3-4H,5H2,1-2H3,(H,13,14). The number of thiophene rings is 1. The zero-order valence-electron chi connectivity index (χ0n) is 9.73. The maximum atomic E-state index is 11.5. The lowest BCUT2D eigenvalue weighted by atomic mass is 9.85. The van der Waals surface area contributed by atoms with Crippen LogP contribution in [0.5, 0.6) is 0 Å². The summed E-state index contributed by atoms with van der Waals surface area (Å²) in [6.07, 6.45) is 0.459. The Morgan fingerprint density at radius 1 is 1.44 bits per heavy atom. The second-order valence-corrected chi connectivity index (χ2v) is 8.49. The van der Waals surface area contributed by atoms with Crippen LogP contribution in [0.4, 0.5) is 0 Å². The number of halogens is 1. The molecule has 0 aliphatic carbocycles. The average Bonchev–Trinajstić information content (AvgIpc) is 2.70. The van der Waals surface area contributed by atoms with Crippen LogP contribution < -0.4 is 5.43 Å². The molecule has 5 nitrogen and oxygen atoms in total. The Hall–Kier alpha value is -0.920. The van der Waals surface area contributed by atoms with Crippen molar-refractivity contribution in [3.05, 3.63) is 17.0 Å². The van der Waals surface area contributed by atoms with Crippen LogP contribution in [0, 0.1) is 5.41 Å². The number of carbonyl (C=O) groups excluding carboxylic acids is 1. The first-order valence-electron chi connectivity index (χ1n) is 5.12. The van der Waals surface area contributed by atoms with Crippen LogP contribution in [0.25, 0.3) is 0 Å². The van der Waals surface area contributed by atoms with Gasteiger partial charge in [-0.2, -0.15) is 5.10 Å². The molecule has 0 saturated carbocycles. The Morgan fingerprint density at radius 2 is 2.11 bits per heavy atom. The summed E-state index contributed by atoms with van der Waals surface area (Å²) in [7, 11) is 1.55. The molecule has 0 atom stereocenters. The molecule has 18 heavy (non-hydrogen) atoms. The zero-order valence-corrected chi connectivity index (χ0v) is 12.1. The minimum Gasteiger partial charge on any atom is -0.273 e. The SMILES string of the molecule is CC1(C)CC(c2ccc(S(=O)(=O)Cl)s2)=NNC1=O. The van der Waals surface area contributed by atoms with Gasteiger partial charge in [-0.25, -0.2) is 13.8 Å². The molecule has 2 rings (SSSR count). The zero-order chi connectivity index (χ0) is 13.6. The minimum atomic E-state index is -3.71. The fourth-order valence-electron chi connectivity index (χ4n) is 1.56. The largest absolute Gasteiger partial charge is 0.273 e. The lowest BCUT2D eigenvalue weighted by molar-refractivity contribution is -0.129. The summed E-state index contributed by atoms with van der Waals surface area (Å²) >= 11 is 1.05. The Labute approximate surface area is 113 Å². The second kappa shape index (κ2) is 4.32. The van der Waals surface area contributed by atoms with E-state index < -0.39 is 14.5 Å². The van der Waals surface area contributed by atoms with Crippen molar-refractivity contribution >= 4 is 42.7 Å². The van der Waals surface area contributed by atoms with E-state index in [0.717, 1.165) is 11.3 Å². The third kappa shape index (κ3) is 2.57. The Bertz CT molecular complexity index is 631. The second-order valence-electron chi connectivity index (χ2n) is 4.62. The molecular formula is C10H11ClN2O3S2. The van der Waals surface area contributed by atoms with E-state index in [1.54, 1.807) is 6.07 Å². The minimum absolute atomic E-state index is 0.0802. The Kier molecular flexibility index (Phi) is 3.25. The van der Waals surface area contributed by atoms with Gasteiger partial charge in [0.15, 0.2) is 0 Å². The molecule has 98 valence electrons. The van der Waals surface area contributed by atoms with Crippen molar-refractivity contribution in [1.82, 2.24) is 5.43 Å². The molecule has 0 aromatic carbocycles. The summed E-state index contributed by atoms with van der Waals surface area (Å²) < 4.78 is 22.4. The summed E-state index contributed by atoms with van der Waals surface area (Å²) in [5, 5.41) is 3.96. The highest BCUT2D eigenvalue weighted by Gasteiger charge is 2.33. The van der Waals surface area contributed by atoms with E-state index in [-0.39, 0.29) is 10.1 Å². The average molecular weight is 307 g/mol. The first-order chi connectivity index (χ1) is 8.20. The van der Waals surface area contributed by atoms with Crippen molar-refractivity contribution in [3.63, 3.8) is 0 Å². The van der Waals surface area contributed by atoms with Gasteiger partial charge in [0.25, 0.3) is 9.05 Å².